The summed E-state index contributed by atoms with van der Waals surface area (Å²) in [5, 5.41) is 0. The van der Waals surface area contributed by atoms with Gasteiger partial charge in [-0.05, 0) is 25.7 Å². The monoisotopic (exact) mass is 228 g/mol. The lowest BCUT2D eigenvalue weighted by molar-refractivity contribution is -0.151. The Kier molecular flexibility index (Phi) is 4.73. The van der Waals surface area contributed by atoms with Crippen LogP contribution in [0.25, 0.3) is 0 Å². The highest BCUT2D eigenvalue weighted by molar-refractivity contribution is 6.01. The van der Waals surface area contributed by atoms with E-state index < -0.39 is 12.0 Å². The van der Waals surface area contributed by atoms with Crippen molar-refractivity contribution in [3.05, 3.63) is 0 Å². The van der Waals surface area contributed by atoms with E-state index in [1.54, 1.807) is 11.8 Å². The highest BCUT2D eigenvalue weighted by Gasteiger charge is 2.30. The molecule has 0 aromatic heterocycles. The third-order valence-corrected chi connectivity index (χ3v) is 2.90. The third-order valence-electron chi connectivity index (χ3n) is 2.90. The average molecular weight is 228 g/mol. The van der Waals surface area contributed by atoms with Gasteiger partial charge in [-0.3, -0.25) is 4.79 Å². The van der Waals surface area contributed by atoms with Crippen molar-refractivity contribution in [1.82, 2.24) is 4.90 Å². The molecule has 1 aliphatic heterocycles. The normalized spacial score (nSPS) is 19.3. The van der Waals surface area contributed by atoms with Gasteiger partial charge in [0.05, 0.1) is 6.61 Å². The van der Waals surface area contributed by atoms with Crippen LogP contribution in [0, 0.1) is 5.92 Å². The number of piperidine rings is 1. The Hall–Kier alpha value is -1.10. The average Bonchev–Trinajstić information content (AvgIpc) is 2.28. The van der Waals surface area contributed by atoms with E-state index in [1.807, 2.05) is 0 Å². The summed E-state index contributed by atoms with van der Waals surface area (Å²) in [5.74, 6) is -0.306. The first kappa shape index (κ1) is 13.0. The minimum atomic E-state index is -1.16. The van der Waals surface area contributed by atoms with Gasteiger partial charge in [0.1, 0.15) is 0 Å². The number of likely N-dealkylation sites (tertiary alicyclic amines) is 1. The summed E-state index contributed by atoms with van der Waals surface area (Å²) < 4.78 is 4.73. The van der Waals surface area contributed by atoms with E-state index >= 15 is 0 Å². The van der Waals surface area contributed by atoms with E-state index in [0.717, 1.165) is 12.8 Å². The minimum absolute atomic E-state index is 0.247. The largest absolute Gasteiger partial charge is 0.464 e. The van der Waals surface area contributed by atoms with Crippen LogP contribution in [0.2, 0.25) is 0 Å². The zero-order valence-electron chi connectivity index (χ0n) is 9.94. The molecule has 0 bridgehead atoms. The predicted octanol–water partition coefficient (Wildman–Crippen LogP) is 0.135. The van der Waals surface area contributed by atoms with Crippen molar-refractivity contribution >= 4 is 11.9 Å². The van der Waals surface area contributed by atoms with E-state index in [9.17, 15) is 9.59 Å². The SMILES string of the molecule is CCOC(=O)C(N)C(=O)N1CCC(C)CC1. The molecule has 5 heteroatoms. The Morgan fingerprint density at radius 3 is 2.50 bits per heavy atom. The molecule has 0 radical (unpaired) electrons. The summed E-state index contributed by atoms with van der Waals surface area (Å²) in [7, 11) is 0. The fraction of sp³-hybridized carbons (Fsp3) is 0.818. The lowest BCUT2D eigenvalue weighted by Gasteiger charge is -2.31. The van der Waals surface area contributed by atoms with E-state index in [1.165, 1.54) is 0 Å². The fourth-order valence-electron chi connectivity index (χ4n) is 1.76. The van der Waals surface area contributed by atoms with E-state index in [0.29, 0.717) is 19.0 Å². The van der Waals surface area contributed by atoms with Gasteiger partial charge in [0.25, 0.3) is 5.91 Å². The molecule has 0 aliphatic carbocycles. The number of ether oxygens (including phenoxy) is 1. The number of carbonyl (C=O) groups is 2. The molecule has 1 atom stereocenters. The summed E-state index contributed by atoms with van der Waals surface area (Å²) in [6, 6.07) is -1.16. The lowest BCUT2D eigenvalue weighted by atomic mass is 9.99. The topological polar surface area (TPSA) is 72.6 Å². The van der Waals surface area contributed by atoms with Gasteiger partial charge in [-0.25, -0.2) is 4.79 Å². The molecule has 1 amide bonds. The van der Waals surface area contributed by atoms with Crippen LogP contribution in [-0.2, 0) is 14.3 Å². The number of esters is 1. The third kappa shape index (κ3) is 3.20. The molecule has 1 aliphatic rings. The summed E-state index contributed by atoms with van der Waals surface area (Å²) >= 11 is 0. The Morgan fingerprint density at radius 2 is 2.00 bits per heavy atom. The van der Waals surface area contributed by atoms with Crippen molar-refractivity contribution < 1.29 is 14.3 Å². The van der Waals surface area contributed by atoms with Crippen molar-refractivity contribution in [1.29, 1.82) is 0 Å². The Labute approximate surface area is 95.9 Å². The number of hydrogen-bond acceptors (Lipinski definition) is 4. The molecule has 92 valence electrons. The smallest absolute Gasteiger partial charge is 0.332 e. The zero-order chi connectivity index (χ0) is 12.1. The van der Waals surface area contributed by atoms with Gasteiger partial charge in [-0.15, -0.1) is 0 Å². The van der Waals surface area contributed by atoms with E-state index in [-0.39, 0.29) is 12.5 Å². The second kappa shape index (κ2) is 5.84. The van der Waals surface area contributed by atoms with Gasteiger partial charge in [-0.1, -0.05) is 6.92 Å². The van der Waals surface area contributed by atoms with Gasteiger partial charge in [0.15, 0.2) is 6.04 Å². The van der Waals surface area contributed by atoms with Crippen LogP contribution in [0.15, 0.2) is 0 Å². The van der Waals surface area contributed by atoms with Gasteiger partial charge in [0.2, 0.25) is 0 Å². The predicted molar refractivity (Wildman–Crippen MR) is 59.6 cm³/mol. The number of hydrogen-bond donors (Lipinski definition) is 1. The van der Waals surface area contributed by atoms with E-state index in [4.69, 9.17) is 10.5 Å². The van der Waals surface area contributed by atoms with Gasteiger partial charge in [0, 0.05) is 13.1 Å². The molecule has 0 aromatic rings. The fourth-order valence-corrected chi connectivity index (χ4v) is 1.76. The second-order valence-corrected chi connectivity index (χ2v) is 4.24. The molecule has 5 nitrogen and oxygen atoms in total. The molecule has 16 heavy (non-hydrogen) atoms. The molecule has 1 saturated heterocycles. The number of carbonyl (C=O) groups excluding carboxylic acids is 2. The summed E-state index contributed by atoms with van der Waals surface area (Å²) in [5.41, 5.74) is 5.55. The maximum Gasteiger partial charge on any atom is 0.332 e. The lowest BCUT2D eigenvalue weighted by Crippen LogP contribution is -2.51. The van der Waals surface area contributed by atoms with Gasteiger partial charge < -0.3 is 15.4 Å². The van der Waals surface area contributed by atoms with Crippen LogP contribution in [0.4, 0.5) is 0 Å². The van der Waals surface area contributed by atoms with Gasteiger partial charge in [-0.2, -0.15) is 0 Å². The molecule has 0 aromatic carbocycles. The van der Waals surface area contributed by atoms with Crippen LogP contribution in [0.5, 0.6) is 0 Å². The first-order chi connectivity index (χ1) is 7.56. The molecule has 1 rings (SSSR count). The maximum atomic E-state index is 11.8. The molecule has 2 N–H and O–H groups in total. The van der Waals surface area contributed by atoms with Crippen LogP contribution in [-0.4, -0.2) is 42.5 Å². The first-order valence-corrected chi connectivity index (χ1v) is 5.77. The molecule has 1 unspecified atom stereocenters. The standard InChI is InChI=1S/C11H20N2O3/c1-3-16-11(15)9(12)10(14)13-6-4-8(2)5-7-13/h8-9H,3-7,12H2,1-2H3. The number of nitrogens with zero attached hydrogens (tertiary/aromatic N) is 1. The summed E-state index contributed by atoms with van der Waals surface area (Å²) in [6.45, 7) is 5.47. The Bertz CT molecular complexity index is 260. The van der Waals surface area contributed by atoms with Crippen molar-refractivity contribution in [2.45, 2.75) is 32.7 Å². The highest BCUT2D eigenvalue weighted by atomic mass is 16.5. The van der Waals surface area contributed by atoms with Crippen LogP contribution in [0.3, 0.4) is 0 Å². The maximum absolute atomic E-state index is 11.8. The van der Waals surface area contributed by atoms with Crippen LogP contribution in [0.1, 0.15) is 26.7 Å². The van der Waals surface area contributed by atoms with Crippen molar-refractivity contribution in [2.24, 2.45) is 11.7 Å². The molecular weight excluding hydrogens is 208 g/mol. The minimum Gasteiger partial charge on any atom is -0.464 e. The second-order valence-electron chi connectivity index (χ2n) is 4.24. The quantitative estimate of drug-likeness (QED) is 0.550. The van der Waals surface area contributed by atoms with E-state index in [2.05, 4.69) is 6.92 Å². The molecule has 0 spiro atoms. The first-order valence-electron chi connectivity index (χ1n) is 5.77. The van der Waals surface area contributed by atoms with Crippen molar-refractivity contribution in [3.8, 4) is 0 Å². The number of amides is 1. The zero-order valence-corrected chi connectivity index (χ0v) is 9.94. The molecule has 0 saturated carbocycles. The molecular formula is C11H20N2O3. The summed E-state index contributed by atoms with van der Waals surface area (Å²) in [6.07, 6.45) is 1.95. The number of nitrogens with two attached hydrogens (primary N) is 1. The van der Waals surface area contributed by atoms with Crippen molar-refractivity contribution in [2.75, 3.05) is 19.7 Å². The van der Waals surface area contributed by atoms with Crippen LogP contribution < -0.4 is 5.73 Å². The number of rotatable bonds is 3. The Morgan fingerprint density at radius 1 is 1.44 bits per heavy atom. The highest BCUT2D eigenvalue weighted by Crippen LogP contribution is 2.16. The molecule has 1 heterocycles. The summed E-state index contributed by atoms with van der Waals surface area (Å²) in [4.78, 5) is 24.8. The molecule has 1 fully saturated rings. The Balaban J connectivity index is 2.47. The van der Waals surface area contributed by atoms with Gasteiger partial charge >= 0.3 is 5.97 Å². The van der Waals surface area contributed by atoms with Crippen molar-refractivity contribution in [3.63, 3.8) is 0 Å². The van der Waals surface area contributed by atoms with Crippen LogP contribution >= 0.6 is 0 Å².